The van der Waals surface area contributed by atoms with Gasteiger partial charge in [-0.05, 0) is 27.4 Å². The fraction of sp³-hybridized carbons (Fsp3) is 0.600. The third-order valence-corrected chi connectivity index (χ3v) is 4.00. The lowest BCUT2D eigenvalue weighted by Crippen LogP contribution is -2.42. The first kappa shape index (κ1) is 5.48. The van der Waals surface area contributed by atoms with Crippen molar-refractivity contribution >= 4 is 13.5 Å². The zero-order valence-corrected chi connectivity index (χ0v) is 10.8. The summed E-state index contributed by atoms with van der Waals surface area (Å²) in [7, 11) is 0. The Balaban J connectivity index is 0.00000312. The number of rotatable bonds is 0. The molecule has 1 atom stereocenters. The Morgan fingerprint density at radius 3 is 1.81 bits per heavy atom. The molecule has 0 radical (unpaired) electrons. The Labute approximate surface area is 120 Å². The molecule has 0 fully saturated rings. The normalized spacial score (nSPS) is 40.1. The molecule has 0 bridgehead atoms. The van der Waals surface area contributed by atoms with Gasteiger partial charge in [0, 0.05) is 12.3 Å². The minimum atomic E-state index is -3.02. The van der Waals surface area contributed by atoms with E-state index in [2.05, 4.69) is 0 Å². The van der Waals surface area contributed by atoms with Gasteiger partial charge in [-0.3, -0.25) is 0 Å². The molecule has 1 aliphatic carbocycles. The zero-order chi connectivity index (χ0) is 19.0. The van der Waals surface area contributed by atoms with Gasteiger partial charge in [0.15, 0.2) is 0 Å². The summed E-state index contributed by atoms with van der Waals surface area (Å²) in [5, 5.41) is 0. The Morgan fingerprint density at radius 2 is 1.38 bits per heavy atom. The number of fused-ring (bicyclic) bond motifs is 1. The van der Waals surface area contributed by atoms with Crippen LogP contribution in [-0.2, 0) is 10.8 Å². The number of hydrogen-bond acceptors (Lipinski definition) is 0. The summed E-state index contributed by atoms with van der Waals surface area (Å²) in [6.07, 6.45) is 0. The summed E-state index contributed by atoms with van der Waals surface area (Å²) < 4.78 is 72.9. The predicted octanol–water partition coefficient (Wildman–Crippen LogP) is 4.39. The van der Waals surface area contributed by atoms with E-state index in [-0.39, 0.29) is 19.1 Å². The van der Waals surface area contributed by atoms with Gasteiger partial charge in [-0.15, -0.1) is 0 Å². The van der Waals surface area contributed by atoms with Gasteiger partial charge in [0.25, 0.3) is 0 Å². The largest absolute Gasteiger partial charge is 0.197 e. The van der Waals surface area contributed by atoms with Crippen LogP contribution < -0.4 is 0 Å². The van der Waals surface area contributed by atoms with Gasteiger partial charge in [0.2, 0.25) is 0 Å². The Hall–Kier alpha value is -0.430. The van der Waals surface area contributed by atoms with Crippen molar-refractivity contribution in [3.05, 3.63) is 35.4 Å². The van der Waals surface area contributed by atoms with E-state index in [1.165, 1.54) is 13.0 Å². The van der Waals surface area contributed by atoms with Crippen molar-refractivity contribution < 1.29 is 12.3 Å². The molecule has 0 aliphatic heterocycles. The second-order valence-electron chi connectivity index (χ2n) is 5.05. The van der Waals surface area contributed by atoms with Gasteiger partial charge >= 0.3 is 0 Å². The molecule has 1 aromatic rings. The lowest BCUT2D eigenvalue weighted by Gasteiger charge is -2.44. The highest BCUT2D eigenvalue weighted by molar-refractivity contribution is 7.59. The maximum absolute atomic E-state index is 8.11. The second kappa shape index (κ2) is 3.53. The number of benzene rings is 1. The summed E-state index contributed by atoms with van der Waals surface area (Å²) in [5.74, 6) is 0. The van der Waals surface area contributed by atoms with Crippen molar-refractivity contribution in [3.8, 4) is 0 Å². The average Bonchev–Trinajstić information content (AvgIpc) is 2.51. The first-order valence-corrected chi connectivity index (χ1v) is 5.08. The Kier molecular flexibility index (Phi) is 1.21. The average molecular weight is 245 g/mol. The fourth-order valence-electron chi connectivity index (χ4n) is 2.36. The highest BCUT2D eigenvalue weighted by atomic mass is 32.1. The summed E-state index contributed by atoms with van der Waals surface area (Å²) >= 11 is 0. The van der Waals surface area contributed by atoms with Crippen LogP contribution in [-0.4, -0.2) is 0 Å². The van der Waals surface area contributed by atoms with Crippen LogP contribution >= 0.6 is 13.5 Å². The molecule has 1 unspecified atom stereocenters. The fourth-order valence-corrected chi connectivity index (χ4v) is 2.36. The van der Waals surface area contributed by atoms with Gasteiger partial charge in [-0.2, -0.15) is 13.5 Å². The molecule has 0 amide bonds. The molecule has 16 heavy (non-hydrogen) atoms. The lowest BCUT2D eigenvalue weighted by molar-refractivity contribution is 0.125. The van der Waals surface area contributed by atoms with Crippen molar-refractivity contribution in [1.29, 1.82) is 0 Å². The molecule has 2 rings (SSSR count). The van der Waals surface area contributed by atoms with Gasteiger partial charge in [0.05, 0.1) is 0 Å². The molecule has 90 valence electrons. The van der Waals surface area contributed by atoms with E-state index in [0.717, 1.165) is 0 Å². The molecule has 0 spiro atoms. The molecule has 1 aromatic carbocycles. The van der Waals surface area contributed by atoms with Gasteiger partial charge in [0.1, 0.15) is 0 Å². The van der Waals surface area contributed by atoms with E-state index < -0.39 is 36.8 Å². The van der Waals surface area contributed by atoms with E-state index in [1.807, 2.05) is 0 Å². The van der Waals surface area contributed by atoms with Crippen molar-refractivity contribution in [2.75, 3.05) is 0 Å². The maximum atomic E-state index is 8.11. The summed E-state index contributed by atoms with van der Waals surface area (Å²) in [6, 6.07) is 6.33. The molecule has 0 heterocycles. The molecule has 0 saturated heterocycles. The topological polar surface area (TPSA) is 0 Å². The van der Waals surface area contributed by atoms with E-state index in [4.69, 9.17) is 12.3 Å². The van der Waals surface area contributed by atoms with Crippen LogP contribution in [0.1, 0.15) is 64.8 Å². The zero-order valence-electron chi connectivity index (χ0n) is 18.8. The third kappa shape index (κ3) is 1.30. The molecule has 0 N–H and O–H groups in total. The molecule has 0 saturated carbocycles. The number of hydrogen-bond donors (Lipinski definition) is 0. The van der Waals surface area contributed by atoms with Crippen LogP contribution in [0.5, 0.6) is 0 Å². The quantitative estimate of drug-likeness (QED) is 0.636. The van der Waals surface area contributed by atoms with Crippen LogP contribution in [0.25, 0.3) is 0 Å². The minimum Gasteiger partial charge on any atom is -0.197 e. The van der Waals surface area contributed by atoms with Crippen molar-refractivity contribution in [2.24, 2.45) is 5.41 Å². The van der Waals surface area contributed by atoms with Crippen LogP contribution in [0.4, 0.5) is 0 Å². The van der Waals surface area contributed by atoms with E-state index in [1.54, 1.807) is 32.0 Å². The summed E-state index contributed by atoms with van der Waals surface area (Å²) in [4.78, 5) is 0. The summed E-state index contributed by atoms with van der Waals surface area (Å²) in [6.45, 7) is -4.30. The Morgan fingerprint density at radius 1 is 0.875 bits per heavy atom. The minimum absolute atomic E-state index is 0. The Bertz CT molecular complexity index is 640. The molecule has 1 heteroatoms. The molecule has 0 aromatic heterocycles. The van der Waals surface area contributed by atoms with Gasteiger partial charge in [-0.25, -0.2) is 0 Å². The first-order valence-electron chi connectivity index (χ1n) is 9.58. The SMILES string of the molecule is S.[2H]C([2H])([2H])C1(C)C(C)(C)c2ccccc2C1(C([2H])([2H])[2H])C([2H])([2H])[2H]. The lowest BCUT2D eigenvalue weighted by atomic mass is 9.59. The molecular formula is C15H24S. The van der Waals surface area contributed by atoms with Crippen LogP contribution in [0, 0.1) is 5.41 Å². The first-order chi connectivity index (χ1) is 10.5. The molecular weight excluding hydrogens is 212 g/mol. The molecule has 1 aliphatic rings. The third-order valence-electron chi connectivity index (χ3n) is 4.00. The smallest absolute Gasteiger partial charge is 0.0240 e. The van der Waals surface area contributed by atoms with Crippen LogP contribution in [0.15, 0.2) is 24.3 Å². The van der Waals surface area contributed by atoms with E-state index in [0.29, 0.717) is 5.56 Å². The van der Waals surface area contributed by atoms with Crippen LogP contribution in [0.2, 0.25) is 0 Å². The maximum Gasteiger partial charge on any atom is 0.0240 e. The van der Waals surface area contributed by atoms with Gasteiger partial charge in [-0.1, -0.05) is 65.6 Å². The van der Waals surface area contributed by atoms with Crippen molar-refractivity contribution in [1.82, 2.24) is 0 Å². The van der Waals surface area contributed by atoms with Crippen molar-refractivity contribution in [3.63, 3.8) is 0 Å². The molecule has 0 nitrogen and oxygen atoms in total. The van der Waals surface area contributed by atoms with Crippen molar-refractivity contribution in [2.45, 2.75) is 52.2 Å². The highest BCUT2D eigenvalue weighted by Gasteiger charge is 2.56. The monoisotopic (exact) mass is 245 g/mol. The second-order valence-corrected chi connectivity index (χ2v) is 5.05. The summed E-state index contributed by atoms with van der Waals surface area (Å²) in [5.41, 5.74) is -5.10. The standard InChI is InChI=1S/C15H22.H2S/c1-13(2)11-9-7-8-10-12(11)14(3,4)15(13,5)6;/h7-10H,1-6H3;1H2/i1D3,2D3,5D3;. The van der Waals surface area contributed by atoms with E-state index in [9.17, 15) is 0 Å². The predicted molar refractivity (Wildman–Crippen MR) is 76.7 cm³/mol. The van der Waals surface area contributed by atoms with Crippen LogP contribution in [0.3, 0.4) is 0 Å². The highest BCUT2D eigenvalue weighted by Crippen LogP contribution is 2.61. The van der Waals surface area contributed by atoms with Gasteiger partial charge < -0.3 is 0 Å². The van der Waals surface area contributed by atoms with E-state index >= 15 is 0 Å².